The summed E-state index contributed by atoms with van der Waals surface area (Å²) in [4.78, 5) is 8.13. The summed E-state index contributed by atoms with van der Waals surface area (Å²) in [5.41, 5.74) is 10.3. The molecule has 0 N–H and O–H groups in total. The molecule has 0 spiro atoms. The first-order valence-corrected chi connectivity index (χ1v) is 13.1. The molecule has 2 aliphatic heterocycles. The normalized spacial score (nSPS) is 23.2. The maximum Gasteiger partial charge on any atom is 0.269 e. The van der Waals surface area contributed by atoms with E-state index in [0.717, 1.165) is 29.6 Å². The highest BCUT2D eigenvalue weighted by molar-refractivity contribution is 5.72. The molecule has 2 aromatic rings. The standard InChI is InChI=1S/C34H34N4/c1-33(2)25-12-8-10-14-28(25)37(6)30(33)20-18-23-16-17-24(32(23)27(22-35)36-5)19-21-31-34(3,4)26-13-9-11-15-29(26)38(31)7/h8-15,18-21H,16-17H2,1-4,6-7H3. The Labute approximate surface area is 227 Å². The first kappa shape index (κ1) is 25.4. The molecule has 2 heterocycles. The Bertz CT molecular complexity index is 1440. The van der Waals surface area contributed by atoms with Crippen LogP contribution in [0.2, 0.25) is 0 Å². The lowest BCUT2D eigenvalue weighted by Crippen LogP contribution is -2.22. The fourth-order valence-corrected chi connectivity index (χ4v) is 6.46. The van der Waals surface area contributed by atoms with E-state index in [4.69, 9.17) is 6.57 Å². The molecule has 4 nitrogen and oxygen atoms in total. The van der Waals surface area contributed by atoms with Crippen molar-refractivity contribution in [1.29, 1.82) is 5.26 Å². The largest absolute Gasteiger partial charge is 0.347 e. The third-order valence-electron chi connectivity index (χ3n) is 8.53. The predicted octanol–water partition coefficient (Wildman–Crippen LogP) is 7.95. The smallest absolute Gasteiger partial charge is 0.269 e. The number of allylic oxidation sites excluding steroid dienone is 10. The third-order valence-corrected chi connectivity index (χ3v) is 8.53. The molecule has 4 heteroatoms. The van der Waals surface area contributed by atoms with Crippen molar-refractivity contribution in [2.24, 2.45) is 0 Å². The second-order valence-corrected chi connectivity index (χ2v) is 11.3. The quantitative estimate of drug-likeness (QED) is 0.311. The van der Waals surface area contributed by atoms with Gasteiger partial charge in [-0.15, -0.1) is 0 Å². The van der Waals surface area contributed by atoms with Gasteiger partial charge in [-0.1, -0.05) is 76.2 Å². The maximum absolute atomic E-state index is 9.85. The summed E-state index contributed by atoms with van der Waals surface area (Å²) in [7, 11) is 4.22. The molecule has 1 saturated carbocycles. The van der Waals surface area contributed by atoms with Gasteiger partial charge >= 0.3 is 0 Å². The number of nitriles is 1. The van der Waals surface area contributed by atoms with Crippen LogP contribution < -0.4 is 9.80 Å². The van der Waals surface area contributed by atoms with E-state index in [1.54, 1.807) is 0 Å². The molecule has 2 aromatic carbocycles. The topological polar surface area (TPSA) is 34.6 Å². The molecule has 3 aliphatic rings. The van der Waals surface area contributed by atoms with Gasteiger partial charge in [-0.05, 0) is 65.0 Å². The highest BCUT2D eigenvalue weighted by Crippen LogP contribution is 2.48. The van der Waals surface area contributed by atoms with Gasteiger partial charge in [0.2, 0.25) is 0 Å². The number of benzene rings is 2. The third kappa shape index (κ3) is 3.80. The molecule has 0 aromatic heterocycles. The van der Waals surface area contributed by atoms with E-state index in [1.165, 1.54) is 33.9 Å². The van der Waals surface area contributed by atoms with E-state index < -0.39 is 0 Å². The van der Waals surface area contributed by atoms with Gasteiger partial charge in [0, 0.05) is 47.7 Å². The second-order valence-electron chi connectivity index (χ2n) is 11.3. The average Bonchev–Trinajstić information content (AvgIpc) is 3.45. The molecule has 0 radical (unpaired) electrons. The number of fused-ring (bicyclic) bond motifs is 2. The Morgan fingerprint density at radius 2 is 1.21 bits per heavy atom. The number of rotatable bonds is 2. The van der Waals surface area contributed by atoms with Gasteiger partial charge in [0.1, 0.15) is 0 Å². The summed E-state index contributed by atoms with van der Waals surface area (Å²) in [6.07, 6.45) is 10.2. The SMILES string of the molecule is [C-]#[N+]C(C#N)=C1C(=CC=C2N(C)c3ccccc3C2(C)C)CCC1=CC=C1N(C)c2ccccc2C1(C)C. The fourth-order valence-electron chi connectivity index (χ4n) is 6.46. The number of likely N-dealkylation sites (N-methyl/N-ethyl adjacent to an activating group) is 2. The van der Waals surface area contributed by atoms with Crippen LogP contribution in [0, 0.1) is 17.9 Å². The van der Waals surface area contributed by atoms with Gasteiger partial charge in [-0.25, -0.2) is 10.1 Å². The van der Waals surface area contributed by atoms with Crippen molar-refractivity contribution in [3.8, 4) is 6.07 Å². The van der Waals surface area contributed by atoms with Crippen molar-refractivity contribution < 1.29 is 0 Å². The van der Waals surface area contributed by atoms with Crippen LogP contribution in [-0.2, 0) is 10.8 Å². The molecule has 0 saturated heterocycles. The number of nitrogens with zero attached hydrogens (tertiary/aromatic N) is 4. The summed E-state index contributed by atoms with van der Waals surface area (Å²) in [5, 5.41) is 9.85. The molecular formula is C34H34N4. The van der Waals surface area contributed by atoms with E-state index in [2.05, 4.69) is 135 Å². The molecule has 1 aliphatic carbocycles. The summed E-state index contributed by atoms with van der Waals surface area (Å²) >= 11 is 0. The van der Waals surface area contributed by atoms with E-state index in [1.807, 2.05) is 0 Å². The fraction of sp³-hybridized carbons (Fsp3) is 0.294. The zero-order valence-electron chi connectivity index (χ0n) is 23.1. The molecular weight excluding hydrogens is 464 g/mol. The van der Waals surface area contributed by atoms with Crippen molar-refractivity contribution in [2.45, 2.75) is 51.4 Å². The first-order valence-electron chi connectivity index (χ1n) is 13.1. The molecule has 190 valence electrons. The molecule has 0 amide bonds. The van der Waals surface area contributed by atoms with E-state index >= 15 is 0 Å². The maximum atomic E-state index is 9.85. The Morgan fingerprint density at radius 1 is 0.789 bits per heavy atom. The molecule has 1 fully saturated rings. The van der Waals surface area contributed by atoms with Crippen molar-refractivity contribution in [2.75, 3.05) is 23.9 Å². The van der Waals surface area contributed by atoms with Crippen LogP contribution in [0.5, 0.6) is 0 Å². The van der Waals surface area contributed by atoms with Crippen LogP contribution in [0.3, 0.4) is 0 Å². The van der Waals surface area contributed by atoms with Crippen LogP contribution >= 0.6 is 0 Å². The lowest BCUT2D eigenvalue weighted by molar-refractivity contribution is 0.640. The van der Waals surface area contributed by atoms with E-state index in [-0.39, 0.29) is 16.5 Å². The van der Waals surface area contributed by atoms with Gasteiger partial charge in [0.25, 0.3) is 5.70 Å². The van der Waals surface area contributed by atoms with Crippen LogP contribution in [0.1, 0.15) is 51.7 Å². The minimum atomic E-state index is -0.126. The number of para-hydroxylation sites is 2. The monoisotopic (exact) mass is 498 g/mol. The Kier molecular flexibility index (Phi) is 6.16. The highest BCUT2D eigenvalue weighted by atomic mass is 15.2. The number of anilines is 2. The Hall–Kier alpha value is -4.28. The minimum Gasteiger partial charge on any atom is -0.347 e. The van der Waals surface area contributed by atoms with Gasteiger partial charge in [0.05, 0.1) is 12.6 Å². The predicted molar refractivity (Wildman–Crippen MR) is 157 cm³/mol. The number of hydrogen-bond acceptors (Lipinski definition) is 3. The van der Waals surface area contributed by atoms with Crippen molar-refractivity contribution >= 4 is 11.4 Å². The molecule has 0 atom stereocenters. The van der Waals surface area contributed by atoms with Crippen LogP contribution in [0.4, 0.5) is 11.4 Å². The van der Waals surface area contributed by atoms with E-state index in [9.17, 15) is 5.26 Å². The van der Waals surface area contributed by atoms with Crippen molar-refractivity contribution in [1.82, 2.24) is 0 Å². The Balaban J connectivity index is 1.55. The van der Waals surface area contributed by atoms with Gasteiger partial charge in [0.15, 0.2) is 0 Å². The van der Waals surface area contributed by atoms with Crippen molar-refractivity contribution in [3.05, 3.63) is 129 Å². The highest BCUT2D eigenvalue weighted by Gasteiger charge is 2.39. The zero-order valence-corrected chi connectivity index (χ0v) is 23.1. The number of hydrogen-bond donors (Lipinski definition) is 0. The van der Waals surface area contributed by atoms with E-state index in [0.29, 0.717) is 0 Å². The van der Waals surface area contributed by atoms with Gasteiger partial charge in [-0.2, -0.15) is 0 Å². The summed E-state index contributed by atoms with van der Waals surface area (Å²) in [6, 6.07) is 19.2. The summed E-state index contributed by atoms with van der Waals surface area (Å²) < 4.78 is 0. The second kappa shape index (κ2) is 9.23. The van der Waals surface area contributed by atoms with Crippen molar-refractivity contribution in [3.63, 3.8) is 0 Å². The lowest BCUT2D eigenvalue weighted by atomic mass is 9.83. The van der Waals surface area contributed by atoms with Gasteiger partial charge < -0.3 is 9.80 Å². The van der Waals surface area contributed by atoms with Crippen LogP contribution in [0.15, 0.2) is 107 Å². The van der Waals surface area contributed by atoms with Crippen LogP contribution in [0.25, 0.3) is 4.85 Å². The minimum absolute atomic E-state index is 0.126. The summed E-state index contributed by atoms with van der Waals surface area (Å²) in [5.74, 6) is 0. The molecule has 0 unspecified atom stereocenters. The van der Waals surface area contributed by atoms with Gasteiger partial charge in [-0.3, -0.25) is 0 Å². The summed E-state index contributed by atoms with van der Waals surface area (Å²) in [6.45, 7) is 16.7. The average molecular weight is 499 g/mol. The van der Waals surface area contributed by atoms with Crippen LogP contribution in [-0.4, -0.2) is 14.1 Å². The molecule has 38 heavy (non-hydrogen) atoms. The lowest BCUT2D eigenvalue weighted by Gasteiger charge is -2.24. The molecule has 0 bridgehead atoms. The zero-order chi connectivity index (χ0) is 27.2. The first-order chi connectivity index (χ1) is 18.1. The molecule has 5 rings (SSSR count). The Morgan fingerprint density at radius 3 is 1.58 bits per heavy atom.